The van der Waals surface area contributed by atoms with Gasteiger partial charge in [-0.3, -0.25) is 4.90 Å². The Kier molecular flexibility index (Phi) is 2.75. The van der Waals surface area contributed by atoms with E-state index in [-0.39, 0.29) is 13.0 Å². The predicted molar refractivity (Wildman–Crippen MR) is 51.3 cm³/mol. The van der Waals surface area contributed by atoms with Crippen molar-refractivity contribution in [3.05, 3.63) is 0 Å². The molecule has 2 atom stereocenters. The summed E-state index contributed by atoms with van der Waals surface area (Å²) in [5, 5.41) is 0. The van der Waals surface area contributed by atoms with Crippen molar-refractivity contribution in [2.24, 2.45) is 11.7 Å². The van der Waals surface area contributed by atoms with Crippen molar-refractivity contribution >= 4 is 0 Å². The van der Waals surface area contributed by atoms with Crippen LogP contribution in [-0.4, -0.2) is 36.5 Å². The van der Waals surface area contributed by atoms with Gasteiger partial charge < -0.3 is 5.73 Å². The van der Waals surface area contributed by atoms with Crippen LogP contribution in [0.5, 0.6) is 0 Å². The quantitative estimate of drug-likeness (QED) is 0.737. The van der Waals surface area contributed by atoms with Crippen molar-refractivity contribution in [3.8, 4) is 0 Å². The molecule has 1 saturated heterocycles. The summed E-state index contributed by atoms with van der Waals surface area (Å²) in [6, 6.07) is 0.327. The molecule has 0 bridgehead atoms. The van der Waals surface area contributed by atoms with Gasteiger partial charge in [-0.2, -0.15) is 0 Å². The fourth-order valence-corrected chi connectivity index (χ4v) is 2.82. The lowest BCUT2D eigenvalue weighted by Crippen LogP contribution is -2.40. The van der Waals surface area contributed by atoms with Crippen molar-refractivity contribution in [3.63, 3.8) is 0 Å². The van der Waals surface area contributed by atoms with E-state index in [0.29, 0.717) is 25.0 Å². The fourth-order valence-electron chi connectivity index (χ4n) is 2.82. The van der Waals surface area contributed by atoms with E-state index in [4.69, 9.17) is 5.73 Å². The molecule has 0 aromatic heterocycles. The van der Waals surface area contributed by atoms with Crippen molar-refractivity contribution in [1.82, 2.24) is 4.90 Å². The Labute approximate surface area is 83.4 Å². The SMILES string of the molecule is NCC1CCCC1N1CCC(F)(F)C1. The van der Waals surface area contributed by atoms with Gasteiger partial charge in [-0.15, -0.1) is 0 Å². The van der Waals surface area contributed by atoms with Crippen molar-refractivity contribution in [2.45, 2.75) is 37.6 Å². The van der Waals surface area contributed by atoms with Crippen LogP contribution in [0, 0.1) is 5.92 Å². The van der Waals surface area contributed by atoms with Crippen LogP contribution in [0.25, 0.3) is 0 Å². The Balaban J connectivity index is 1.95. The van der Waals surface area contributed by atoms with E-state index in [1.807, 2.05) is 4.90 Å². The zero-order valence-electron chi connectivity index (χ0n) is 8.38. The number of rotatable bonds is 2. The van der Waals surface area contributed by atoms with Crippen LogP contribution in [0.1, 0.15) is 25.7 Å². The van der Waals surface area contributed by atoms with E-state index < -0.39 is 5.92 Å². The Hall–Kier alpha value is -0.220. The molecule has 1 saturated carbocycles. The van der Waals surface area contributed by atoms with Gasteiger partial charge >= 0.3 is 0 Å². The minimum absolute atomic E-state index is 0.0286. The Morgan fingerprint density at radius 3 is 2.71 bits per heavy atom. The Bertz CT molecular complexity index is 208. The van der Waals surface area contributed by atoms with Crippen LogP contribution < -0.4 is 5.73 Å². The van der Waals surface area contributed by atoms with Crippen LogP contribution in [0.15, 0.2) is 0 Å². The largest absolute Gasteiger partial charge is 0.330 e. The minimum atomic E-state index is -2.46. The lowest BCUT2D eigenvalue weighted by molar-refractivity contribution is 0.00565. The summed E-state index contributed by atoms with van der Waals surface area (Å²) >= 11 is 0. The molecular weight excluding hydrogens is 186 g/mol. The zero-order chi connectivity index (χ0) is 10.2. The van der Waals surface area contributed by atoms with Gasteiger partial charge in [-0.1, -0.05) is 6.42 Å². The van der Waals surface area contributed by atoms with Gasteiger partial charge in [0.05, 0.1) is 6.54 Å². The molecular formula is C10H18F2N2. The number of nitrogens with zero attached hydrogens (tertiary/aromatic N) is 1. The van der Waals surface area contributed by atoms with E-state index in [0.717, 1.165) is 19.3 Å². The second-order valence-corrected chi connectivity index (χ2v) is 4.57. The Morgan fingerprint density at radius 1 is 1.36 bits per heavy atom. The molecule has 14 heavy (non-hydrogen) atoms. The highest BCUT2D eigenvalue weighted by Crippen LogP contribution is 2.35. The maximum absolute atomic E-state index is 13.0. The molecule has 0 aromatic rings. The third kappa shape index (κ3) is 1.91. The highest BCUT2D eigenvalue weighted by Gasteiger charge is 2.43. The van der Waals surface area contributed by atoms with Gasteiger partial charge in [0, 0.05) is 19.0 Å². The predicted octanol–water partition coefficient (Wildman–Crippen LogP) is 1.45. The van der Waals surface area contributed by atoms with Gasteiger partial charge in [0.15, 0.2) is 0 Å². The first-order valence-electron chi connectivity index (χ1n) is 5.44. The zero-order valence-corrected chi connectivity index (χ0v) is 8.38. The van der Waals surface area contributed by atoms with E-state index in [2.05, 4.69) is 0 Å². The molecule has 82 valence electrons. The lowest BCUT2D eigenvalue weighted by atomic mass is 10.0. The number of halogens is 2. The normalized spacial score (nSPS) is 37.9. The molecule has 2 unspecified atom stereocenters. The van der Waals surface area contributed by atoms with Crippen LogP contribution in [0.2, 0.25) is 0 Å². The first-order chi connectivity index (χ1) is 6.62. The number of likely N-dealkylation sites (tertiary alicyclic amines) is 1. The van der Waals surface area contributed by atoms with Gasteiger partial charge in [0.25, 0.3) is 5.92 Å². The molecule has 0 radical (unpaired) electrons. The minimum Gasteiger partial charge on any atom is -0.330 e. The summed E-state index contributed by atoms with van der Waals surface area (Å²) < 4.78 is 26.0. The van der Waals surface area contributed by atoms with E-state index in [1.54, 1.807) is 0 Å². The van der Waals surface area contributed by atoms with Gasteiger partial charge in [0.2, 0.25) is 0 Å². The van der Waals surface area contributed by atoms with Gasteiger partial charge in [0.1, 0.15) is 0 Å². The van der Waals surface area contributed by atoms with E-state index in [9.17, 15) is 8.78 Å². The summed E-state index contributed by atoms with van der Waals surface area (Å²) in [5.74, 6) is -2.01. The smallest absolute Gasteiger partial charge is 0.261 e. The number of hydrogen-bond acceptors (Lipinski definition) is 2. The second-order valence-electron chi connectivity index (χ2n) is 4.57. The highest BCUT2D eigenvalue weighted by atomic mass is 19.3. The third-order valence-electron chi connectivity index (χ3n) is 3.59. The maximum atomic E-state index is 13.0. The molecule has 4 heteroatoms. The molecule has 1 heterocycles. The van der Waals surface area contributed by atoms with Crippen LogP contribution in [-0.2, 0) is 0 Å². The second kappa shape index (κ2) is 3.74. The summed E-state index contributed by atoms with van der Waals surface area (Å²) in [7, 11) is 0. The molecule has 2 nitrogen and oxygen atoms in total. The molecule has 0 aromatic carbocycles. The summed E-state index contributed by atoms with van der Waals surface area (Å²) in [6.45, 7) is 1.15. The molecule has 1 aliphatic heterocycles. The molecule has 2 N–H and O–H groups in total. The lowest BCUT2D eigenvalue weighted by Gasteiger charge is -2.28. The number of nitrogens with two attached hydrogens (primary N) is 1. The molecule has 2 fully saturated rings. The van der Waals surface area contributed by atoms with E-state index >= 15 is 0 Å². The molecule has 0 amide bonds. The fraction of sp³-hybridized carbons (Fsp3) is 1.00. The number of alkyl halides is 2. The highest BCUT2D eigenvalue weighted by molar-refractivity contribution is 4.92. The summed E-state index contributed by atoms with van der Waals surface area (Å²) in [5.41, 5.74) is 5.65. The molecule has 2 rings (SSSR count). The van der Waals surface area contributed by atoms with Crippen LogP contribution in [0.3, 0.4) is 0 Å². The average molecular weight is 204 g/mol. The molecule has 1 aliphatic carbocycles. The first kappa shape index (κ1) is 10.3. The van der Waals surface area contributed by atoms with Crippen LogP contribution in [0.4, 0.5) is 8.78 Å². The van der Waals surface area contributed by atoms with Gasteiger partial charge in [-0.05, 0) is 25.3 Å². The Morgan fingerprint density at radius 2 is 2.14 bits per heavy atom. The summed E-state index contributed by atoms with van der Waals surface area (Å²) in [4.78, 5) is 1.95. The maximum Gasteiger partial charge on any atom is 0.261 e. The summed E-state index contributed by atoms with van der Waals surface area (Å²) in [6.07, 6.45) is 3.34. The monoisotopic (exact) mass is 204 g/mol. The standard InChI is InChI=1S/C10H18F2N2/c11-10(12)4-5-14(7-10)9-3-1-2-8(9)6-13/h8-9H,1-7,13H2. The van der Waals surface area contributed by atoms with Crippen molar-refractivity contribution in [2.75, 3.05) is 19.6 Å². The molecule has 2 aliphatic rings. The van der Waals surface area contributed by atoms with Crippen LogP contribution >= 0.6 is 0 Å². The number of hydrogen-bond donors (Lipinski definition) is 1. The average Bonchev–Trinajstić information content (AvgIpc) is 2.70. The van der Waals surface area contributed by atoms with E-state index in [1.165, 1.54) is 0 Å². The topological polar surface area (TPSA) is 29.3 Å². The van der Waals surface area contributed by atoms with Gasteiger partial charge in [-0.25, -0.2) is 8.78 Å². The van der Waals surface area contributed by atoms with Crippen molar-refractivity contribution < 1.29 is 8.78 Å². The van der Waals surface area contributed by atoms with Crippen molar-refractivity contribution in [1.29, 1.82) is 0 Å². The first-order valence-corrected chi connectivity index (χ1v) is 5.44. The third-order valence-corrected chi connectivity index (χ3v) is 3.59. The molecule has 0 spiro atoms.